The lowest BCUT2D eigenvalue weighted by Gasteiger charge is -2.15. The topological polar surface area (TPSA) is 86.0 Å². The Hall–Kier alpha value is -1.08. The minimum absolute atomic E-state index is 0.00514. The molecule has 2 N–H and O–H groups in total. The zero-order valence-corrected chi connectivity index (χ0v) is 8.37. The number of amidine groups is 1. The Balaban J connectivity index is 2.70. The first-order valence-corrected chi connectivity index (χ1v) is 4.96. The van der Waals surface area contributed by atoms with Gasteiger partial charge in [-0.2, -0.15) is 0 Å². The maximum absolute atomic E-state index is 10.5. The summed E-state index contributed by atoms with van der Waals surface area (Å²) in [5, 5.41) is 20.8. The summed E-state index contributed by atoms with van der Waals surface area (Å²) < 4.78 is 0. The van der Waals surface area contributed by atoms with Crippen molar-refractivity contribution in [2.75, 3.05) is 12.4 Å². The first-order valence-electron chi connectivity index (χ1n) is 3.98. The van der Waals surface area contributed by atoms with Crippen LogP contribution < -0.4 is 0 Å². The zero-order chi connectivity index (χ0) is 10.6. The summed E-state index contributed by atoms with van der Waals surface area (Å²) >= 11 is 1.13. The van der Waals surface area contributed by atoms with E-state index >= 15 is 0 Å². The third-order valence-corrected chi connectivity index (χ3v) is 2.54. The zero-order valence-electron chi connectivity index (χ0n) is 7.56. The van der Waals surface area contributed by atoms with Crippen LogP contribution in [0.2, 0.25) is 0 Å². The van der Waals surface area contributed by atoms with Crippen molar-refractivity contribution < 1.29 is 14.8 Å². The molecule has 1 heterocycles. The van der Waals surface area contributed by atoms with Crippen LogP contribution >= 0.6 is 11.8 Å². The predicted octanol–water partition coefficient (Wildman–Crippen LogP) is 0.230. The number of carbonyl (C=O) groups excluding carboxylic acids is 1. The summed E-state index contributed by atoms with van der Waals surface area (Å²) in [6, 6.07) is -0.628. The van der Waals surface area contributed by atoms with E-state index < -0.39 is 6.04 Å². The van der Waals surface area contributed by atoms with Crippen molar-refractivity contribution in [2.24, 2.45) is 5.16 Å². The maximum atomic E-state index is 10.5. The Labute approximate surface area is 85.4 Å². The Morgan fingerprint density at radius 2 is 2.71 bits per heavy atom. The van der Waals surface area contributed by atoms with Gasteiger partial charge in [-0.1, -0.05) is 16.9 Å². The molecule has 1 saturated heterocycles. The van der Waals surface area contributed by atoms with Gasteiger partial charge in [0, 0.05) is 5.75 Å². The predicted molar refractivity (Wildman–Crippen MR) is 52.4 cm³/mol. The second kappa shape index (κ2) is 4.97. The van der Waals surface area contributed by atoms with Crippen LogP contribution in [-0.2, 0) is 9.63 Å². The highest BCUT2D eigenvalue weighted by Crippen LogP contribution is 2.21. The second-order valence-electron chi connectivity index (χ2n) is 2.47. The summed E-state index contributed by atoms with van der Waals surface area (Å²) in [6.07, 6.45) is 1.59. The minimum Gasteiger partial charge on any atom is -0.396 e. The molecule has 1 fully saturated rings. The Morgan fingerprint density at radius 1 is 2.00 bits per heavy atom. The maximum Gasteiger partial charge on any atom is 0.254 e. The van der Waals surface area contributed by atoms with Gasteiger partial charge in [-0.05, 0) is 6.92 Å². The summed E-state index contributed by atoms with van der Waals surface area (Å²) in [6.45, 7) is 2.07. The first-order chi connectivity index (χ1) is 6.70. The average molecular weight is 216 g/mol. The summed E-state index contributed by atoms with van der Waals surface area (Å²) in [5.41, 5.74) is -0.0240. The Kier molecular flexibility index (Phi) is 3.90. The summed E-state index contributed by atoms with van der Waals surface area (Å²) in [7, 11) is 0. The first kappa shape index (κ1) is 11.0. The Morgan fingerprint density at radius 3 is 3.14 bits per heavy atom. The molecule has 7 heteroatoms. The summed E-state index contributed by atoms with van der Waals surface area (Å²) in [5.74, 6) is 0.399. The number of thioether (sulfide) groups is 1. The molecule has 0 aromatic rings. The quantitative estimate of drug-likeness (QED) is 0.519. The van der Waals surface area contributed by atoms with Crippen molar-refractivity contribution in [3.05, 3.63) is 0 Å². The number of hydroxylamine groups is 2. The third-order valence-electron chi connectivity index (χ3n) is 1.59. The van der Waals surface area contributed by atoms with Crippen LogP contribution in [-0.4, -0.2) is 45.8 Å². The monoisotopic (exact) mass is 216 g/mol. The smallest absolute Gasteiger partial charge is 0.254 e. The summed E-state index contributed by atoms with van der Waals surface area (Å²) in [4.78, 5) is 15.2. The molecule has 1 radical (unpaired) electrons. The lowest BCUT2D eigenvalue weighted by molar-refractivity contribution is -0.0197. The molecule has 0 bridgehead atoms. The molecular weight excluding hydrogens is 206 g/mol. The van der Waals surface area contributed by atoms with E-state index in [0.717, 1.165) is 11.8 Å². The van der Waals surface area contributed by atoms with Crippen molar-refractivity contribution in [3.8, 4) is 0 Å². The standard InChI is InChI=1S/C7H10N3O3S/c1-2-13-9-5(3-11)6-4-14-7(8)10(6)12/h6,8,12H,2,4H2,1H3/b8-7?,9-5+. The molecule has 14 heavy (non-hydrogen) atoms. The van der Waals surface area contributed by atoms with Crippen molar-refractivity contribution in [2.45, 2.75) is 13.0 Å². The number of nitrogens with one attached hydrogen (secondary N) is 1. The fraction of sp³-hybridized carbons (Fsp3) is 0.571. The van der Waals surface area contributed by atoms with E-state index in [1.165, 1.54) is 0 Å². The molecule has 6 nitrogen and oxygen atoms in total. The van der Waals surface area contributed by atoms with Crippen molar-refractivity contribution >= 4 is 28.9 Å². The highest BCUT2D eigenvalue weighted by Gasteiger charge is 2.33. The molecule has 0 amide bonds. The van der Waals surface area contributed by atoms with Gasteiger partial charge in [0.25, 0.3) is 6.29 Å². The highest BCUT2D eigenvalue weighted by atomic mass is 32.2. The molecule has 0 saturated carbocycles. The van der Waals surface area contributed by atoms with Gasteiger partial charge < -0.3 is 4.84 Å². The van der Waals surface area contributed by atoms with E-state index in [9.17, 15) is 10.0 Å². The molecule has 1 rings (SSSR count). The number of oxime groups is 1. The lowest BCUT2D eigenvalue weighted by Crippen LogP contribution is -2.38. The molecule has 1 aliphatic heterocycles. The molecule has 1 aliphatic rings. The van der Waals surface area contributed by atoms with Gasteiger partial charge in [-0.15, -0.1) is 0 Å². The van der Waals surface area contributed by atoms with Crippen LogP contribution in [0, 0.1) is 5.41 Å². The molecule has 0 aromatic heterocycles. The van der Waals surface area contributed by atoms with Gasteiger partial charge in [0.2, 0.25) is 0 Å². The van der Waals surface area contributed by atoms with Crippen LogP contribution in [0.1, 0.15) is 6.92 Å². The number of nitrogens with zero attached hydrogens (tertiary/aromatic N) is 2. The van der Waals surface area contributed by atoms with Crippen molar-refractivity contribution in [1.29, 1.82) is 5.41 Å². The Bertz CT molecular complexity index is 269. The molecule has 0 aliphatic carbocycles. The number of hydrogen-bond donors (Lipinski definition) is 2. The SMILES string of the molecule is CCO/N=C(\[C]=O)C1CSC(=N)N1O. The van der Waals surface area contributed by atoms with Gasteiger partial charge in [0.1, 0.15) is 12.6 Å². The van der Waals surface area contributed by atoms with E-state index in [4.69, 9.17) is 10.2 Å². The fourth-order valence-corrected chi connectivity index (χ4v) is 1.79. The van der Waals surface area contributed by atoms with E-state index in [1.54, 1.807) is 13.2 Å². The van der Waals surface area contributed by atoms with Gasteiger partial charge in [0.05, 0.1) is 0 Å². The van der Waals surface area contributed by atoms with Crippen LogP contribution in [0.3, 0.4) is 0 Å². The normalized spacial score (nSPS) is 22.7. The molecule has 1 unspecified atom stereocenters. The molecule has 0 aromatic carbocycles. The lowest BCUT2D eigenvalue weighted by atomic mass is 10.2. The van der Waals surface area contributed by atoms with E-state index in [1.807, 2.05) is 0 Å². The van der Waals surface area contributed by atoms with Crippen LogP contribution in [0.25, 0.3) is 0 Å². The van der Waals surface area contributed by atoms with Crippen LogP contribution in [0.4, 0.5) is 0 Å². The molecule has 1 atom stereocenters. The number of hydrogen-bond acceptors (Lipinski definition) is 6. The van der Waals surface area contributed by atoms with Gasteiger partial charge >= 0.3 is 0 Å². The van der Waals surface area contributed by atoms with Crippen molar-refractivity contribution in [1.82, 2.24) is 5.06 Å². The van der Waals surface area contributed by atoms with Crippen molar-refractivity contribution in [3.63, 3.8) is 0 Å². The van der Waals surface area contributed by atoms with Gasteiger partial charge in [0.15, 0.2) is 10.9 Å². The van der Waals surface area contributed by atoms with E-state index in [2.05, 4.69) is 5.16 Å². The average Bonchev–Trinajstić information content (AvgIpc) is 2.51. The molecule has 77 valence electrons. The largest absolute Gasteiger partial charge is 0.396 e. The minimum atomic E-state index is -0.628. The molecular formula is C7H10N3O3S. The number of rotatable bonds is 4. The van der Waals surface area contributed by atoms with Gasteiger partial charge in [-0.25, -0.2) is 5.06 Å². The van der Waals surface area contributed by atoms with E-state index in [0.29, 0.717) is 17.4 Å². The molecule has 0 spiro atoms. The van der Waals surface area contributed by atoms with Crippen LogP contribution in [0.5, 0.6) is 0 Å². The third kappa shape index (κ3) is 2.24. The van der Waals surface area contributed by atoms with Crippen LogP contribution in [0.15, 0.2) is 5.16 Å². The van der Waals surface area contributed by atoms with E-state index in [-0.39, 0.29) is 10.9 Å². The van der Waals surface area contributed by atoms with Gasteiger partial charge in [-0.3, -0.25) is 15.4 Å². The second-order valence-corrected chi connectivity index (χ2v) is 3.48. The fourth-order valence-electron chi connectivity index (χ4n) is 0.912. The highest BCUT2D eigenvalue weighted by molar-refractivity contribution is 8.14.